The highest BCUT2D eigenvalue weighted by molar-refractivity contribution is 5.74. The number of primary amides is 1. The molecule has 5 N–H and O–H groups in total. The molecule has 0 spiro atoms. The third-order valence-electron chi connectivity index (χ3n) is 2.49. The van der Waals surface area contributed by atoms with Gasteiger partial charge < -0.3 is 21.1 Å². The first kappa shape index (κ1) is 14.1. The van der Waals surface area contributed by atoms with E-state index in [2.05, 4.69) is 5.10 Å². The molecule has 100 valence electrons. The van der Waals surface area contributed by atoms with E-state index in [1.54, 1.807) is 0 Å². The molecule has 0 aromatic carbocycles. The van der Waals surface area contributed by atoms with Crippen LogP contribution in [-0.4, -0.2) is 43.1 Å². The summed E-state index contributed by atoms with van der Waals surface area (Å²) >= 11 is 0. The molecule has 0 saturated carbocycles. The molecule has 0 aliphatic carbocycles. The van der Waals surface area contributed by atoms with Crippen molar-refractivity contribution in [1.82, 2.24) is 9.78 Å². The van der Waals surface area contributed by atoms with Gasteiger partial charge in [-0.05, 0) is 6.92 Å². The molecule has 1 amide bonds. The number of carbonyl (C=O) groups is 2. The maximum Gasteiger partial charge on any atom is 0.328 e. The van der Waals surface area contributed by atoms with E-state index in [0.717, 1.165) is 4.68 Å². The van der Waals surface area contributed by atoms with Crippen LogP contribution < -0.4 is 5.73 Å². The monoisotopic (exact) mass is 257 g/mol. The third kappa shape index (κ3) is 3.28. The van der Waals surface area contributed by atoms with Gasteiger partial charge in [-0.25, -0.2) is 4.79 Å². The highest BCUT2D eigenvalue weighted by Gasteiger charge is 2.23. The number of amides is 1. The lowest BCUT2D eigenvalue weighted by Gasteiger charge is -2.14. The van der Waals surface area contributed by atoms with Crippen molar-refractivity contribution in [3.05, 3.63) is 18.0 Å². The van der Waals surface area contributed by atoms with E-state index in [4.69, 9.17) is 10.8 Å². The largest absolute Gasteiger partial charge is 0.480 e. The van der Waals surface area contributed by atoms with Crippen molar-refractivity contribution < 1.29 is 24.9 Å². The van der Waals surface area contributed by atoms with Crippen molar-refractivity contribution in [1.29, 1.82) is 0 Å². The summed E-state index contributed by atoms with van der Waals surface area (Å²) in [5.41, 5.74) is 5.11. The number of carbonyl (C=O) groups excluding carboxylic acids is 1. The average Bonchev–Trinajstić information content (AvgIpc) is 2.74. The van der Waals surface area contributed by atoms with Crippen LogP contribution in [0, 0.1) is 0 Å². The fourth-order valence-electron chi connectivity index (χ4n) is 1.37. The summed E-state index contributed by atoms with van der Waals surface area (Å²) in [5, 5.41) is 31.8. The molecule has 1 aromatic heterocycles. The van der Waals surface area contributed by atoms with E-state index >= 15 is 0 Å². The number of aliphatic hydroxyl groups is 2. The lowest BCUT2D eigenvalue weighted by molar-refractivity contribution is -0.140. The molecular weight excluding hydrogens is 242 g/mol. The van der Waals surface area contributed by atoms with Crippen LogP contribution >= 0.6 is 0 Å². The average molecular weight is 257 g/mol. The maximum atomic E-state index is 10.7. The maximum absolute atomic E-state index is 10.7. The number of nitrogens with two attached hydrogens (primary N) is 1. The van der Waals surface area contributed by atoms with E-state index < -0.39 is 30.1 Å². The molecular formula is C10H15N3O5. The topological polar surface area (TPSA) is 139 Å². The quantitative estimate of drug-likeness (QED) is 0.504. The molecule has 2 unspecified atom stereocenters. The molecule has 0 saturated heterocycles. The SMILES string of the molecule is C[C@@H](C(=O)O)n1cc(C(O)C(O)CC(N)=O)cn1. The predicted molar refractivity (Wildman–Crippen MR) is 59.4 cm³/mol. The minimum Gasteiger partial charge on any atom is -0.480 e. The molecule has 1 heterocycles. The van der Waals surface area contributed by atoms with Crippen LogP contribution in [0.2, 0.25) is 0 Å². The number of hydrogen-bond acceptors (Lipinski definition) is 5. The zero-order chi connectivity index (χ0) is 13.9. The van der Waals surface area contributed by atoms with E-state index in [9.17, 15) is 19.8 Å². The molecule has 8 heteroatoms. The fourth-order valence-corrected chi connectivity index (χ4v) is 1.37. The Morgan fingerprint density at radius 1 is 1.50 bits per heavy atom. The van der Waals surface area contributed by atoms with E-state index in [1.807, 2.05) is 0 Å². The van der Waals surface area contributed by atoms with Gasteiger partial charge in [0.2, 0.25) is 5.91 Å². The smallest absolute Gasteiger partial charge is 0.328 e. The highest BCUT2D eigenvalue weighted by Crippen LogP contribution is 2.19. The van der Waals surface area contributed by atoms with Crippen LogP contribution in [0.1, 0.15) is 31.1 Å². The Balaban J connectivity index is 2.79. The fraction of sp³-hybridized carbons (Fsp3) is 0.500. The van der Waals surface area contributed by atoms with Gasteiger partial charge in [-0.2, -0.15) is 5.10 Å². The second-order valence-electron chi connectivity index (χ2n) is 3.95. The number of carboxylic acids is 1. The van der Waals surface area contributed by atoms with Gasteiger partial charge in [0.25, 0.3) is 0 Å². The van der Waals surface area contributed by atoms with E-state index in [0.29, 0.717) is 0 Å². The molecule has 3 atom stereocenters. The van der Waals surface area contributed by atoms with Crippen LogP contribution in [0.5, 0.6) is 0 Å². The van der Waals surface area contributed by atoms with Gasteiger partial charge in [-0.3, -0.25) is 9.48 Å². The van der Waals surface area contributed by atoms with Crippen molar-refractivity contribution in [2.75, 3.05) is 0 Å². The Kier molecular flexibility index (Phi) is 4.40. The van der Waals surface area contributed by atoms with Gasteiger partial charge in [0.15, 0.2) is 0 Å². The summed E-state index contributed by atoms with van der Waals surface area (Å²) in [6, 6.07) is -0.890. The van der Waals surface area contributed by atoms with Gasteiger partial charge in [0.05, 0.1) is 18.7 Å². The van der Waals surface area contributed by atoms with Gasteiger partial charge in [-0.15, -0.1) is 0 Å². The minimum atomic E-state index is -1.35. The summed E-state index contributed by atoms with van der Waals surface area (Å²) < 4.78 is 1.14. The molecule has 0 radical (unpaired) electrons. The summed E-state index contributed by atoms with van der Waals surface area (Å²) in [4.78, 5) is 21.3. The summed E-state index contributed by atoms with van der Waals surface area (Å²) in [6.07, 6.45) is -0.546. The summed E-state index contributed by atoms with van der Waals surface area (Å²) in [6.45, 7) is 1.42. The molecule has 0 aliphatic heterocycles. The summed E-state index contributed by atoms with van der Waals surface area (Å²) in [7, 11) is 0. The summed E-state index contributed by atoms with van der Waals surface area (Å²) in [5.74, 6) is -1.82. The van der Waals surface area contributed by atoms with Gasteiger partial charge in [0, 0.05) is 11.8 Å². The van der Waals surface area contributed by atoms with Crippen LogP contribution in [0.4, 0.5) is 0 Å². The number of rotatable bonds is 6. The Labute approximate surface area is 103 Å². The van der Waals surface area contributed by atoms with Crippen molar-refractivity contribution >= 4 is 11.9 Å². The zero-order valence-corrected chi connectivity index (χ0v) is 9.72. The Hall–Kier alpha value is -1.93. The number of carboxylic acid groups (broad SMARTS) is 1. The van der Waals surface area contributed by atoms with Crippen LogP contribution in [-0.2, 0) is 9.59 Å². The molecule has 0 bridgehead atoms. The molecule has 0 aliphatic rings. The van der Waals surface area contributed by atoms with Gasteiger partial charge in [-0.1, -0.05) is 0 Å². The molecule has 8 nitrogen and oxygen atoms in total. The Morgan fingerprint density at radius 3 is 2.61 bits per heavy atom. The number of nitrogens with zero attached hydrogens (tertiary/aromatic N) is 2. The van der Waals surface area contributed by atoms with Crippen molar-refractivity contribution in [3.8, 4) is 0 Å². The first-order valence-electron chi connectivity index (χ1n) is 5.24. The number of aromatic nitrogens is 2. The predicted octanol–water partition coefficient (Wildman–Crippen LogP) is -1.20. The number of aliphatic hydroxyl groups excluding tert-OH is 2. The zero-order valence-electron chi connectivity index (χ0n) is 9.72. The Morgan fingerprint density at radius 2 is 2.11 bits per heavy atom. The van der Waals surface area contributed by atoms with Crippen molar-refractivity contribution in [2.45, 2.75) is 31.6 Å². The van der Waals surface area contributed by atoms with Crippen LogP contribution in [0.25, 0.3) is 0 Å². The molecule has 18 heavy (non-hydrogen) atoms. The standard InChI is InChI=1S/C10H15N3O5/c1-5(10(17)18)13-4-6(3-12-13)9(16)7(14)2-8(11)15/h3-5,7,9,14,16H,2H2,1H3,(H2,11,15)(H,17,18)/t5-,7?,9?/m0/s1. The normalized spacial score (nSPS) is 15.9. The van der Waals surface area contributed by atoms with Gasteiger partial charge in [0.1, 0.15) is 12.1 Å². The molecule has 1 rings (SSSR count). The third-order valence-corrected chi connectivity index (χ3v) is 2.49. The second-order valence-corrected chi connectivity index (χ2v) is 3.95. The first-order valence-corrected chi connectivity index (χ1v) is 5.24. The van der Waals surface area contributed by atoms with E-state index in [1.165, 1.54) is 19.3 Å². The first-order chi connectivity index (χ1) is 8.32. The lowest BCUT2D eigenvalue weighted by Crippen LogP contribution is -2.25. The highest BCUT2D eigenvalue weighted by atomic mass is 16.4. The van der Waals surface area contributed by atoms with Crippen molar-refractivity contribution in [2.24, 2.45) is 5.73 Å². The van der Waals surface area contributed by atoms with E-state index in [-0.39, 0.29) is 12.0 Å². The van der Waals surface area contributed by atoms with Crippen LogP contribution in [0.3, 0.4) is 0 Å². The Bertz CT molecular complexity index is 444. The second kappa shape index (κ2) is 5.61. The van der Waals surface area contributed by atoms with Gasteiger partial charge >= 0.3 is 5.97 Å². The lowest BCUT2D eigenvalue weighted by atomic mass is 10.1. The number of aliphatic carboxylic acids is 1. The number of hydrogen-bond donors (Lipinski definition) is 4. The molecule has 1 aromatic rings. The molecule has 0 fully saturated rings. The van der Waals surface area contributed by atoms with Crippen molar-refractivity contribution in [3.63, 3.8) is 0 Å². The van der Waals surface area contributed by atoms with Crippen LogP contribution in [0.15, 0.2) is 12.4 Å². The minimum absolute atomic E-state index is 0.219.